The Hall–Kier alpha value is -0.281. The van der Waals surface area contributed by atoms with Crippen LogP contribution >= 0.6 is 0 Å². The third-order valence-corrected chi connectivity index (χ3v) is 0. The fraction of sp³-hybridized carbons (Fsp3) is 0. The first-order valence-corrected chi connectivity index (χ1v) is 1.84. The molecule has 15 heavy (non-hydrogen) atoms. The Morgan fingerprint density at radius 3 is 0.533 bits per heavy atom. The molecule has 0 fully saturated rings. The summed E-state index contributed by atoms with van der Waals surface area (Å²) >= 11 is 0. The third kappa shape index (κ3) is 23900. The van der Waals surface area contributed by atoms with Crippen molar-refractivity contribution in [3.8, 4) is 0 Å². The van der Waals surface area contributed by atoms with E-state index in [-0.39, 0.29) is 59.4 Å². The molecule has 0 aromatic rings. The van der Waals surface area contributed by atoms with Gasteiger partial charge in [-0.2, -0.15) is 0 Å². The maximum atomic E-state index is 8.33. The summed E-state index contributed by atoms with van der Waals surface area (Å²) in [7, 11) is 0. The van der Waals surface area contributed by atoms with Crippen molar-refractivity contribution in [2.24, 2.45) is 0 Å². The number of carboxylic acid groups (broad SMARTS) is 6. The van der Waals surface area contributed by atoms with Crippen LogP contribution in [0.15, 0.2) is 0 Å². The van der Waals surface area contributed by atoms with Gasteiger partial charge in [-0.1, -0.05) is 0 Å². The van der Waals surface area contributed by atoms with Gasteiger partial charge >= 0.3 is 59.4 Å². The second-order valence-corrected chi connectivity index (χ2v) is 0.750. The van der Waals surface area contributed by atoms with Gasteiger partial charge in [0.2, 0.25) is 0 Å². The summed E-state index contributed by atoms with van der Waals surface area (Å²) in [6, 6.07) is 0. The van der Waals surface area contributed by atoms with Crippen LogP contribution in [0, 0.1) is 0 Å². The van der Waals surface area contributed by atoms with Gasteiger partial charge in [0.1, 0.15) is 0 Å². The summed E-state index contributed by atoms with van der Waals surface area (Å²) in [5, 5.41) is 50.0. The predicted octanol–water partition coefficient (Wildman–Crippen LogP) is -13.3. The Labute approximate surface area is 122 Å². The molecule has 0 rings (SSSR count). The van der Waals surface area contributed by atoms with Gasteiger partial charge in [0.05, 0.1) is 0 Å². The van der Waals surface area contributed by atoms with Gasteiger partial charge in [-0.05, 0) is 18.5 Å². The van der Waals surface area contributed by atoms with Crippen LogP contribution in [0.2, 0.25) is 0 Å². The van der Waals surface area contributed by atoms with E-state index in [9.17, 15) is 0 Å². The van der Waals surface area contributed by atoms with Crippen molar-refractivity contribution in [3.05, 3.63) is 0 Å². The van der Waals surface area contributed by atoms with E-state index >= 15 is 0 Å². The summed E-state index contributed by atoms with van der Waals surface area (Å²) in [6.45, 7) is 0. The van der Waals surface area contributed by atoms with Gasteiger partial charge in [-0.3, -0.25) is 0 Å². The summed E-state index contributed by atoms with van der Waals surface area (Å²) in [6.07, 6.45) is -7.00. The minimum absolute atomic E-state index is 0. The number of hydrogen-bond acceptors (Lipinski definition) is 9. The van der Waals surface area contributed by atoms with Crippen LogP contribution in [0.1, 0.15) is 0 Å². The Bertz CT molecular complexity index is 121. The smallest absolute Gasteiger partial charge is 0.652 e. The third-order valence-electron chi connectivity index (χ3n) is 0. The van der Waals surface area contributed by atoms with Crippen molar-refractivity contribution in [1.29, 1.82) is 0 Å². The standard InChI is InChI=1S/3CH2O3.2Li.Ti/c3*2-1(3)4;;;/h3*(H2,2,3,4);;;/q;;;2*+1;+4/p-6. The molecule has 0 spiro atoms. The van der Waals surface area contributed by atoms with E-state index < -0.39 is 18.5 Å². The molecule has 0 bridgehead atoms. The quantitative estimate of drug-likeness (QED) is 0.370. The SMILES string of the molecule is O=C([O-])[O-].O=C([O-])[O-].O=C([O-])[O-].[Li+].[Li+].[Ti+4]. The van der Waals surface area contributed by atoms with Crippen LogP contribution in [0.4, 0.5) is 14.4 Å². The molecule has 0 saturated carbocycles. The molecular weight excluding hydrogens is 242 g/mol. The van der Waals surface area contributed by atoms with Crippen LogP contribution in [-0.2, 0) is 21.7 Å². The zero-order chi connectivity index (χ0) is 10.7. The van der Waals surface area contributed by atoms with Crippen molar-refractivity contribution in [1.82, 2.24) is 0 Å². The minimum atomic E-state index is -2.33. The van der Waals surface area contributed by atoms with Crippen LogP contribution in [0.25, 0.3) is 0 Å². The molecular formula is C3Li2O9Ti. The number of carbonyl (C=O) groups is 3. The van der Waals surface area contributed by atoms with Gasteiger partial charge in [0.25, 0.3) is 0 Å². The number of hydrogen-bond donors (Lipinski definition) is 0. The zero-order valence-corrected chi connectivity index (χ0v) is 9.24. The Kier molecular flexibility index (Phi) is 70.9. The van der Waals surface area contributed by atoms with Gasteiger partial charge in [0.15, 0.2) is 0 Å². The molecule has 0 amide bonds. The van der Waals surface area contributed by atoms with Crippen LogP contribution < -0.4 is 68.4 Å². The van der Waals surface area contributed by atoms with Crippen molar-refractivity contribution in [3.63, 3.8) is 0 Å². The van der Waals surface area contributed by atoms with E-state index in [2.05, 4.69) is 0 Å². The molecule has 0 unspecified atom stereocenters. The average Bonchev–Trinajstić information content (AvgIpc) is 1.54. The Morgan fingerprint density at radius 1 is 0.533 bits per heavy atom. The van der Waals surface area contributed by atoms with E-state index in [1.165, 1.54) is 0 Å². The minimum Gasteiger partial charge on any atom is -0.652 e. The fourth-order valence-corrected chi connectivity index (χ4v) is 0. The molecule has 0 aliphatic carbocycles. The molecule has 0 N–H and O–H groups in total. The van der Waals surface area contributed by atoms with Gasteiger partial charge < -0.3 is 45.0 Å². The van der Waals surface area contributed by atoms with Crippen molar-refractivity contribution >= 4 is 18.5 Å². The molecule has 0 saturated heterocycles. The normalized spacial score (nSPS) is 4.80. The van der Waals surface area contributed by atoms with Crippen molar-refractivity contribution < 1.29 is 104 Å². The summed E-state index contributed by atoms with van der Waals surface area (Å²) in [5.41, 5.74) is 0. The largest absolute Gasteiger partial charge is 4.00 e. The first-order chi connectivity index (χ1) is 5.20. The first kappa shape index (κ1) is 36.4. The molecule has 0 aromatic carbocycles. The van der Waals surface area contributed by atoms with E-state index in [1.54, 1.807) is 0 Å². The molecule has 0 radical (unpaired) electrons. The van der Waals surface area contributed by atoms with E-state index in [0.717, 1.165) is 0 Å². The predicted molar refractivity (Wildman–Crippen MR) is 16.2 cm³/mol. The molecule has 0 atom stereocenters. The monoisotopic (exact) mass is 242 g/mol. The molecule has 9 nitrogen and oxygen atoms in total. The van der Waals surface area contributed by atoms with E-state index in [4.69, 9.17) is 45.0 Å². The van der Waals surface area contributed by atoms with Crippen LogP contribution in [0.3, 0.4) is 0 Å². The number of carbonyl (C=O) groups excluding carboxylic acids is 3. The van der Waals surface area contributed by atoms with Crippen molar-refractivity contribution in [2.75, 3.05) is 0 Å². The second-order valence-electron chi connectivity index (χ2n) is 0.750. The molecule has 0 aliphatic heterocycles. The number of rotatable bonds is 0. The molecule has 72 valence electrons. The molecule has 12 heteroatoms. The van der Waals surface area contributed by atoms with Crippen molar-refractivity contribution in [2.45, 2.75) is 0 Å². The maximum absolute atomic E-state index is 8.33. The average molecular weight is 242 g/mol. The molecule has 0 aliphatic rings. The Balaban J connectivity index is -0.0000000184. The summed E-state index contributed by atoms with van der Waals surface area (Å²) in [5.74, 6) is 0. The van der Waals surface area contributed by atoms with Gasteiger partial charge in [-0.15, -0.1) is 0 Å². The topological polar surface area (TPSA) is 190 Å². The van der Waals surface area contributed by atoms with Crippen LogP contribution in [-0.4, -0.2) is 18.5 Å². The molecule has 0 aromatic heterocycles. The fourth-order valence-electron chi connectivity index (χ4n) is 0. The van der Waals surface area contributed by atoms with Gasteiger partial charge in [-0.25, -0.2) is 0 Å². The summed E-state index contributed by atoms with van der Waals surface area (Å²) in [4.78, 5) is 25.0. The molecule has 0 heterocycles. The first-order valence-electron chi connectivity index (χ1n) is 1.84. The second kappa shape index (κ2) is 29.2. The summed E-state index contributed by atoms with van der Waals surface area (Å²) < 4.78 is 0. The van der Waals surface area contributed by atoms with Crippen LogP contribution in [0.5, 0.6) is 0 Å². The van der Waals surface area contributed by atoms with Gasteiger partial charge in [0, 0.05) is 0 Å². The van der Waals surface area contributed by atoms with E-state index in [1.807, 2.05) is 0 Å². The maximum Gasteiger partial charge on any atom is 4.00 e. The van der Waals surface area contributed by atoms with E-state index in [0.29, 0.717) is 0 Å². The Morgan fingerprint density at radius 2 is 0.533 bits per heavy atom. The zero-order valence-electron chi connectivity index (χ0n) is 7.67.